The Morgan fingerprint density at radius 3 is 2.00 bits per heavy atom. The molecule has 1 unspecified atom stereocenters. The molecule has 16 heavy (non-hydrogen) atoms. The van der Waals surface area contributed by atoms with Gasteiger partial charge in [0.15, 0.2) is 6.29 Å². The van der Waals surface area contributed by atoms with E-state index >= 15 is 0 Å². The van der Waals surface area contributed by atoms with Crippen LogP contribution in [0.4, 0.5) is 0 Å². The maximum Gasteiger partial charge on any atom is 0.183 e. The normalized spacial score (nSPS) is 41.1. The van der Waals surface area contributed by atoms with E-state index in [2.05, 4.69) is 4.74 Å². The fourth-order valence-electron chi connectivity index (χ4n) is 1.45. The number of hydrogen-bond donors (Lipinski definition) is 4. The minimum Gasteiger partial charge on any atom is -0.688 e. The van der Waals surface area contributed by atoms with E-state index in [0.717, 1.165) is 0 Å². The lowest BCUT2D eigenvalue weighted by atomic mass is 9.97. The van der Waals surface area contributed by atoms with Gasteiger partial charge >= 0.3 is 0 Å². The van der Waals surface area contributed by atoms with Crippen LogP contribution in [0.15, 0.2) is 0 Å². The van der Waals surface area contributed by atoms with Crippen LogP contribution >= 0.6 is 7.94 Å². The van der Waals surface area contributed by atoms with Gasteiger partial charge in [0.2, 0.25) is 0 Å². The van der Waals surface area contributed by atoms with Crippen molar-refractivity contribution in [1.82, 2.24) is 0 Å². The smallest absolute Gasteiger partial charge is 0.183 e. The Morgan fingerprint density at radius 2 is 1.50 bits per heavy atom. The lowest BCUT2D eigenvalue weighted by Gasteiger charge is -2.44. The van der Waals surface area contributed by atoms with Crippen molar-refractivity contribution in [2.24, 2.45) is 0 Å². The second-order valence-electron chi connectivity index (χ2n) is 3.66. The highest BCUT2D eigenvalue weighted by Crippen LogP contribution is 2.31. The van der Waals surface area contributed by atoms with E-state index in [9.17, 15) is 24.9 Å². The Hall–Kier alpha value is 0.110. The van der Waals surface area contributed by atoms with Crippen LogP contribution < -0.4 is 14.7 Å². The van der Waals surface area contributed by atoms with E-state index in [1.165, 1.54) is 0 Å². The molecule has 0 aromatic heterocycles. The summed E-state index contributed by atoms with van der Waals surface area (Å²) in [5, 5.41) is 36.8. The van der Waals surface area contributed by atoms with E-state index in [0.29, 0.717) is 0 Å². The first-order valence-corrected chi connectivity index (χ1v) is 6.34. The van der Waals surface area contributed by atoms with Crippen LogP contribution in [0, 0.1) is 0 Å². The quantitative estimate of drug-likeness (QED) is 0.365. The zero-order chi connectivity index (χ0) is 12.5. The summed E-state index contributed by atoms with van der Waals surface area (Å²) in [6.07, 6.45) is -8.91. The van der Waals surface area contributed by atoms with Crippen molar-refractivity contribution in [1.29, 1.82) is 0 Å². The second kappa shape index (κ2) is 5.18. The number of ether oxygens (including phenoxy) is 1. The topological polar surface area (TPSA) is 159 Å². The van der Waals surface area contributed by atoms with Crippen molar-refractivity contribution in [3.8, 4) is 0 Å². The molecular weight excluding hydrogens is 243 g/mol. The van der Waals surface area contributed by atoms with Crippen molar-refractivity contribution >= 4 is 7.94 Å². The first kappa shape index (κ1) is 14.2. The fourth-order valence-corrected chi connectivity index (χ4v) is 2.03. The van der Waals surface area contributed by atoms with Gasteiger partial charge in [0.1, 0.15) is 18.3 Å². The summed E-state index contributed by atoms with van der Waals surface area (Å²) in [5.41, 5.74) is 0. The maximum absolute atomic E-state index is 10.4. The molecule has 1 aliphatic heterocycles. The van der Waals surface area contributed by atoms with Crippen molar-refractivity contribution in [2.45, 2.75) is 37.1 Å². The molecule has 0 aromatic carbocycles. The SMILES string of the molecule is [O-][P+]([O-])([O-])CC[C@H]1OC(O)[C@H](O)[C@@H](O)[C@@H]1O. The molecule has 0 spiro atoms. The fraction of sp³-hybridized carbons (Fsp3) is 1.00. The van der Waals surface area contributed by atoms with Gasteiger partial charge in [0.05, 0.1) is 6.10 Å². The van der Waals surface area contributed by atoms with Gasteiger partial charge in [0, 0.05) is 12.6 Å². The van der Waals surface area contributed by atoms with Gasteiger partial charge in [0.25, 0.3) is 0 Å². The molecule has 0 bridgehead atoms. The Balaban J connectivity index is 2.54. The zero-order valence-corrected chi connectivity index (χ0v) is 9.06. The minimum absolute atomic E-state index is 0.355. The van der Waals surface area contributed by atoms with Crippen molar-refractivity contribution in [3.05, 3.63) is 0 Å². The van der Waals surface area contributed by atoms with Crippen LogP contribution in [0.5, 0.6) is 0 Å². The summed E-state index contributed by atoms with van der Waals surface area (Å²) in [6.45, 7) is 0. The molecule has 8 nitrogen and oxygen atoms in total. The lowest BCUT2D eigenvalue weighted by molar-refractivity contribution is -0.428. The molecule has 1 rings (SSSR count). The molecule has 1 heterocycles. The van der Waals surface area contributed by atoms with Crippen LogP contribution in [0.2, 0.25) is 0 Å². The Morgan fingerprint density at radius 1 is 0.938 bits per heavy atom. The van der Waals surface area contributed by atoms with Crippen molar-refractivity contribution in [3.63, 3.8) is 0 Å². The summed E-state index contributed by atoms with van der Waals surface area (Å²) in [7, 11) is -4.73. The van der Waals surface area contributed by atoms with Gasteiger partial charge in [-0.05, 0) is 0 Å². The van der Waals surface area contributed by atoms with Crippen LogP contribution in [-0.2, 0) is 4.74 Å². The standard InChI is InChI=1S/C7H15O8P/c8-4-3(1-2-16(12,13)14)15-7(11)6(10)5(4)9/h3-11H,1-2H2,(H2,12,13,14)/p-2/t3-,4-,5+,6-,7?/m1/s1. The van der Waals surface area contributed by atoms with Crippen molar-refractivity contribution < 1.29 is 39.8 Å². The molecule has 0 saturated carbocycles. The zero-order valence-electron chi connectivity index (χ0n) is 8.17. The summed E-state index contributed by atoms with van der Waals surface area (Å²) < 4.78 is 4.67. The molecule has 0 radical (unpaired) electrons. The molecule has 5 atom stereocenters. The van der Waals surface area contributed by atoms with E-state index in [-0.39, 0.29) is 6.42 Å². The maximum atomic E-state index is 10.4. The highest BCUT2D eigenvalue weighted by molar-refractivity contribution is 7.54. The second-order valence-corrected chi connectivity index (χ2v) is 5.33. The predicted octanol–water partition coefficient (Wildman–Crippen LogP) is -4.98. The van der Waals surface area contributed by atoms with Crippen LogP contribution in [-0.4, -0.2) is 57.3 Å². The van der Waals surface area contributed by atoms with Gasteiger partial charge in [-0.15, -0.1) is 0 Å². The monoisotopic (exact) mass is 256 g/mol. The molecule has 1 fully saturated rings. The average molecular weight is 256 g/mol. The molecule has 4 N–H and O–H groups in total. The summed E-state index contributed by atoms with van der Waals surface area (Å²) in [6, 6.07) is 0. The Bertz CT molecular complexity index is 231. The molecule has 1 aliphatic rings. The molecule has 0 amide bonds. The number of hydrogen-bond acceptors (Lipinski definition) is 8. The highest BCUT2D eigenvalue weighted by atomic mass is 31.2. The third-order valence-corrected chi connectivity index (χ3v) is 3.18. The van der Waals surface area contributed by atoms with E-state index < -0.39 is 44.8 Å². The summed E-state index contributed by atoms with van der Waals surface area (Å²) in [4.78, 5) is 31.1. The number of rotatable bonds is 3. The molecule has 96 valence electrons. The first-order valence-electron chi connectivity index (χ1n) is 4.61. The molecule has 9 heteroatoms. The molecule has 0 aromatic rings. The third-order valence-electron chi connectivity index (χ3n) is 2.37. The third kappa shape index (κ3) is 3.56. The van der Waals surface area contributed by atoms with Gasteiger partial charge in [-0.25, -0.2) is 0 Å². The summed E-state index contributed by atoms with van der Waals surface area (Å²) in [5.74, 6) is 0. The van der Waals surface area contributed by atoms with E-state index in [1.807, 2.05) is 0 Å². The molecular formula is C7H13O8P-2. The number of aliphatic hydroxyl groups excluding tert-OH is 4. The van der Waals surface area contributed by atoms with Crippen molar-refractivity contribution in [2.75, 3.05) is 6.16 Å². The predicted molar refractivity (Wildman–Crippen MR) is 45.3 cm³/mol. The molecule has 0 aliphatic carbocycles. The van der Waals surface area contributed by atoms with Gasteiger partial charge in [-0.3, -0.25) is 0 Å². The first-order chi connectivity index (χ1) is 7.22. The lowest BCUT2D eigenvalue weighted by Crippen LogP contribution is -2.57. The van der Waals surface area contributed by atoms with Gasteiger partial charge in [-0.1, -0.05) is 0 Å². The largest absolute Gasteiger partial charge is 0.688 e. The van der Waals surface area contributed by atoms with E-state index in [4.69, 9.17) is 10.2 Å². The average Bonchev–Trinajstić information content (AvgIpc) is 2.17. The van der Waals surface area contributed by atoms with Gasteiger partial charge < -0.3 is 39.8 Å². The Labute approximate surface area is 91.9 Å². The van der Waals surface area contributed by atoms with E-state index in [1.54, 1.807) is 0 Å². The Kier molecular flexibility index (Phi) is 4.58. The van der Waals surface area contributed by atoms with Crippen LogP contribution in [0.25, 0.3) is 0 Å². The van der Waals surface area contributed by atoms with Gasteiger partial charge in [-0.2, -0.15) is 7.94 Å². The molecule has 1 saturated heterocycles. The number of aliphatic hydroxyl groups is 4. The van der Waals surface area contributed by atoms with Crippen LogP contribution in [0.1, 0.15) is 6.42 Å². The summed E-state index contributed by atoms with van der Waals surface area (Å²) >= 11 is 0. The van der Waals surface area contributed by atoms with Crippen LogP contribution in [0.3, 0.4) is 0 Å². The highest BCUT2D eigenvalue weighted by Gasteiger charge is 2.42. The minimum atomic E-state index is -4.73.